The van der Waals surface area contributed by atoms with Crippen molar-refractivity contribution in [3.63, 3.8) is 0 Å². The maximum absolute atomic E-state index is 10.8. The van der Waals surface area contributed by atoms with Crippen molar-refractivity contribution in [2.75, 3.05) is 11.5 Å². The molecule has 1 heterocycles. The van der Waals surface area contributed by atoms with Crippen molar-refractivity contribution in [1.82, 2.24) is 0 Å². The van der Waals surface area contributed by atoms with E-state index >= 15 is 0 Å². The summed E-state index contributed by atoms with van der Waals surface area (Å²) in [6, 6.07) is 0. The molecule has 2 atom stereocenters. The third-order valence-corrected chi connectivity index (χ3v) is 6.44. The van der Waals surface area contributed by atoms with Crippen LogP contribution in [-0.4, -0.2) is 29.6 Å². The molecular weight excluding hydrogens is 272 g/mol. The minimum absolute atomic E-state index is 0.0995. The molecule has 0 aromatic carbocycles. The molecule has 0 aromatic heterocycles. The van der Waals surface area contributed by atoms with Gasteiger partial charge in [-0.1, -0.05) is 31.9 Å². The van der Waals surface area contributed by atoms with Crippen molar-refractivity contribution in [1.29, 1.82) is 0 Å². The van der Waals surface area contributed by atoms with Gasteiger partial charge in [-0.25, -0.2) is 8.42 Å². The molecule has 0 spiro atoms. The number of rotatable bonds is 0. The van der Waals surface area contributed by atoms with Gasteiger partial charge in [0.15, 0.2) is 9.84 Å². The summed E-state index contributed by atoms with van der Waals surface area (Å²) in [5.74, 6) is 0.534. The van der Waals surface area contributed by atoms with Crippen LogP contribution in [0.15, 0.2) is 0 Å². The van der Waals surface area contributed by atoms with Crippen LogP contribution in [-0.2, 0) is 9.84 Å². The summed E-state index contributed by atoms with van der Waals surface area (Å²) < 4.78 is 21.6. The molecule has 0 amide bonds. The van der Waals surface area contributed by atoms with Crippen LogP contribution in [0.2, 0.25) is 0 Å². The van der Waals surface area contributed by atoms with Crippen LogP contribution in [0.4, 0.5) is 0 Å². The highest BCUT2D eigenvalue weighted by Crippen LogP contribution is 2.25. The molecule has 0 N–H and O–H groups in total. The largest absolute Gasteiger partial charge is 0.229 e. The second kappa shape index (κ2) is 2.51. The zero-order valence-electron chi connectivity index (χ0n) is 4.55. The van der Waals surface area contributed by atoms with Gasteiger partial charge in [-0.05, 0) is 0 Å². The van der Waals surface area contributed by atoms with E-state index in [1.165, 1.54) is 0 Å². The highest BCUT2D eigenvalue weighted by atomic mass is 79.9. The molecule has 0 saturated carbocycles. The first-order valence-electron chi connectivity index (χ1n) is 2.50. The lowest BCUT2D eigenvalue weighted by atomic mass is 10.4. The normalized spacial score (nSPS) is 41.1. The Bertz CT molecular complexity index is 183. The van der Waals surface area contributed by atoms with Gasteiger partial charge in [-0.2, -0.15) is 0 Å². The maximum atomic E-state index is 10.8. The highest BCUT2D eigenvalue weighted by molar-refractivity contribution is 9.12. The molecule has 54 valence electrons. The minimum Gasteiger partial charge on any atom is -0.229 e. The summed E-state index contributed by atoms with van der Waals surface area (Å²) in [5.41, 5.74) is 0. The SMILES string of the molecule is O=S1(=O)C[C@@H](Br)[C@H](Br)C1. The molecule has 1 aliphatic rings. The predicted octanol–water partition coefficient (Wildman–Crippen LogP) is 0.942. The first-order chi connectivity index (χ1) is 4.01. The van der Waals surface area contributed by atoms with Crippen LogP contribution < -0.4 is 0 Å². The van der Waals surface area contributed by atoms with Gasteiger partial charge in [0.25, 0.3) is 0 Å². The smallest absolute Gasteiger partial charge is 0.152 e. The molecule has 1 aliphatic heterocycles. The Kier molecular flexibility index (Phi) is 2.23. The predicted molar refractivity (Wildman–Crippen MR) is 44.1 cm³/mol. The van der Waals surface area contributed by atoms with E-state index < -0.39 is 9.84 Å². The quantitative estimate of drug-likeness (QED) is 0.618. The first kappa shape index (κ1) is 8.01. The van der Waals surface area contributed by atoms with E-state index in [0.29, 0.717) is 0 Å². The van der Waals surface area contributed by atoms with Gasteiger partial charge in [0.1, 0.15) is 0 Å². The van der Waals surface area contributed by atoms with Crippen molar-refractivity contribution in [2.24, 2.45) is 0 Å². The molecule has 0 aliphatic carbocycles. The fourth-order valence-electron chi connectivity index (χ4n) is 0.762. The van der Waals surface area contributed by atoms with Crippen molar-refractivity contribution in [3.8, 4) is 0 Å². The van der Waals surface area contributed by atoms with Gasteiger partial charge in [-0.3, -0.25) is 0 Å². The van der Waals surface area contributed by atoms with E-state index in [1.54, 1.807) is 0 Å². The number of alkyl halides is 2. The lowest BCUT2D eigenvalue weighted by molar-refractivity contribution is 0.602. The summed E-state index contributed by atoms with van der Waals surface area (Å²) in [7, 11) is -2.74. The van der Waals surface area contributed by atoms with E-state index in [0.717, 1.165) is 0 Å². The van der Waals surface area contributed by atoms with E-state index in [-0.39, 0.29) is 21.2 Å². The molecule has 0 unspecified atom stereocenters. The van der Waals surface area contributed by atoms with Crippen molar-refractivity contribution in [3.05, 3.63) is 0 Å². The Hall–Kier alpha value is 0.910. The average Bonchev–Trinajstić information content (AvgIpc) is 1.79. The third kappa shape index (κ3) is 1.91. The summed E-state index contributed by atoms with van der Waals surface area (Å²) in [6.07, 6.45) is 0. The molecule has 0 bridgehead atoms. The molecular formula is C4H6Br2O2S. The van der Waals surface area contributed by atoms with E-state index in [1.807, 2.05) is 0 Å². The fraction of sp³-hybridized carbons (Fsp3) is 1.00. The van der Waals surface area contributed by atoms with Crippen molar-refractivity contribution >= 4 is 41.7 Å². The monoisotopic (exact) mass is 276 g/mol. The standard InChI is InChI=1S/C4H6Br2O2S/c5-3-1-9(7,8)2-4(3)6/h3-4H,1-2H2/t3-,4-/m1/s1. The van der Waals surface area contributed by atoms with Gasteiger partial charge in [-0.15, -0.1) is 0 Å². The average molecular weight is 278 g/mol. The second-order valence-electron chi connectivity index (χ2n) is 2.11. The Balaban J connectivity index is 2.77. The van der Waals surface area contributed by atoms with Gasteiger partial charge in [0.2, 0.25) is 0 Å². The second-order valence-corrected chi connectivity index (χ2v) is 6.61. The molecule has 0 radical (unpaired) electrons. The molecule has 2 nitrogen and oxygen atoms in total. The van der Waals surface area contributed by atoms with Crippen molar-refractivity contribution < 1.29 is 8.42 Å². The summed E-state index contributed by atoms with van der Waals surface area (Å²) in [4.78, 5) is 0.199. The van der Waals surface area contributed by atoms with Crippen LogP contribution in [0.1, 0.15) is 0 Å². The molecule has 1 fully saturated rings. The molecule has 1 saturated heterocycles. The maximum Gasteiger partial charge on any atom is 0.152 e. The van der Waals surface area contributed by atoms with E-state index in [4.69, 9.17) is 0 Å². The number of sulfone groups is 1. The summed E-state index contributed by atoms with van der Waals surface area (Å²) >= 11 is 6.51. The van der Waals surface area contributed by atoms with Crippen LogP contribution in [0.3, 0.4) is 0 Å². The molecule has 1 rings (SSSR count). The fourth-order valence-corrected chi connectivity index (χ4v) is 5.62. The lowest BCUT2D eigenvalue weighted by Crippen LogP contribution is -2.08. The van der Waals surface area contributed by atoms with Gasteiger partial charge in [0.05, 0.1) is 11.5 Å². The van der Waals surface area contributed by atoms with Crippen LogP contribution in [0.5, 0.6) is 0 Å². The summed E-state index contributed by atoms with van der Waals surface area (Å²) in [6.45, 7) is 0. The van der Waals surface area contributed by atoms with E-state index in [9.17, 15) is 8.42 Å². The van der Waals surface area contributed by atoms with Gasteiger partial charge >= 0.3 is 0 Å². The first-order valence-corrected chi connectivity index (χ1v) is 6.15. The number of hydrogen-bond donors (Lipinski definition) is 0. The Labute approximate surface area is 71.2 Å². The van der Waals surface area contributed by atoms with Gasteiger partial charge < -0.3 is 0 Å². The van der Waals surface area contributed by atoms with Crippen LogP contribution in [0.25, 0.3) is 0 Å². The number of halogens is 2. The van der Waals surface area contributed by atoms with Crippen LogP contribution in [0, 0.1) is 0 Å². The van der Waals surface area contributed by atoms with Crippen LogP contribution >= 0.6 is 31.9 Å². The zero-order chi connectivity index (χ0) is 7.07. The Morgan fingerprint density at radius 2 is 1.44 bits per heavy atom. The molecule has 9 heavy (non-hydrogen) atoms. The van der Waals surface area contributed by atoms with Gasteiger partial charge in [0, 0.05) is 9.65 Å². The third-order valence-electron chi connectivity index (χ3n) is 1.22. The Morgan fingerprint density at radius 1 is 1.11 bits per heavy atom. The van der Waals surface area contributed by atoms with E-state index in [2.05, 4.69) is 31.9 Å². The zero-order valence-corrected chi connectivity index (χ0v) is 8.54. The Morgan fingerprint density at radius 3 is 1.56 bits per heavy atom. The minimum atomic E-state index is -2.74. The lowest BCUT2D eigenvalue weighted by Gasteiger charge is -1.98. The number of hydrogen-bond acceptors (Lipinski definition) is 2. The molecule has 0 aromatic rings. The molecule has 5 heteroatoms. The summed E-state index contributed by atoms with van der Waals surface area (Å²) in [5, 5.41) is 0. The topological polar surface area (TPSA) is 34.1 Å². The van der Waals surface area contributed by atoms with Crippen molar-refractivity contribution in [2.45, 2.75) is 9.65 Å². The highest BCUT2D eigenvalue weighted by Gasteiger charge is 2.33.